The van der Waals surface area contributed by atoms with Gasteiger partial charge in [-0.05, 0) is 44.2 Å². The number of H-pyrrole nitrogens is 1. The fourth-order valence-electron chi connectivity index (χ4n) is 4.90. The second-order valence-electron chi connectivity index (χ2n) is 9.14. The Labute approximate surface area is 235 Å². The van der Waals surface area contributed by atoms with Crippen molar-refractivity contribution in [2.75, 3.05) is 20.8 Å². The lowest BCUT2D eigenvalue weighted by Crippen LogP contribution is -2.70. The molecule has 2 aromatic carbocycles. The van der Waals surface area contributed by atoms with E-state index in [4.69, 9.17) is 18.9 Å². The first kappa shape index (κ1) is 27.3. The summed E-state index contributed by atoms with van der Waals surface area (Å²) in [5, 5.41) is 9.56. The van der Waals surface area contributed by atoms with Crippen LogP contribution in [-0.4, -0.2) is 59.7 Å². The molecule has 11 nitrogen and oxygen atoms in total. The van der Waals surface area contributed by atoms with Gasteiger partial charge in [-0.1, -0.05) is 18.2 Å². The minimum atomic E-state index is -1.05. The number of aromatic carboxylic acids is 1. The van der Waals surface area contributed by atoms with Crippen LogP contribution in [0.4, 0.5) is 0 Å². The highest BCUT2D eigenvalue weighted by Crippen LogP contribution is 2.42. The van der Waals surface area contributed by atoms with Gasteiger partial charge in [0.2, 0.25) is 5.70 Å². The summed E-state index contributed by atoms with van der Waals surface area (Å²) < 4.78 is 22.2. The monoisotopic (exact) mass is 558 g/mol. The van der Waals surface area contributed by atoms with Gasteiger partial charge >= 0.3 is 23.9 Å². The van der Waals surface area contributed by atoms with Crippen molar-refractivity contribution in [1.82, 2.24) is 9.88 Å². The topological polar surface area (TPSA) is 141 Å². The maximum Gasteiger partial charge on any atom is 0.463 e. The van der Waals surface area contributed by atoms with Crippen molar-refractivity contribution in [2.24, 2.45) is 0 Å². The zero-order chi connectivity index (χ0) is 29.3. The van der Waals surface area contributed by atoms with E-state index in [1.807, 2.05) is 0 Å². The van der Waals surface area contributed by atoms with Crippen molar-refractivity contribution in [3.8, 4) is 22.8 Å². The molecule has 0 aliphatic carbocycles. The van der Waals surface area contributed by atoms with E-state index in [0.29, 0.717) is 34.0 Å². The SMILES string of the molecule is CCOC(=O)C1=C(C)OC2=[NH+]/C(=C\c3ccc(-c4ccccc4C(=O)O)[nH]3)C(=O)N2C1c1ccc(OC)cc1OC. The third-order valence-corrected chi connectivity index (χ3v) is 6.76. The first-order chi connectivity index (χ1) is 19.8. The van der Waals surface area contributed by atoms with E-state index in [1.54, 1.807) is 68.5 Å². The molecule has 1 atom stereocenters. The Kier molecular flexibility index (Phi) is 7.34. The number of methoxy groups -OCH3 is 2. The lowest BCUT2D eigenvalue weighted by atomic mass is 9.94. The van der Waals surface area contributed by atoms with Crippen LogP contribution in [-0.2, 0) is 19.1 Å². The summed E-state index contributed by atoms with van der Waals surface area (Å²) in [6.45, 7) is 3.46. The number of hydrogen-bond acceptors (Lipinski definition) is 7. The molecule has 0 spiro atoms. The zero-order valence-corrected chi connectivity index (χ0v) is 22.8. The Hall–Kier alpha value is -5.32. The molecular formula is C30H28N3O8+. The number of aromatic nitrogens is 1. The lowest BCUT2D eigenvalue weighted by molar-refractivity contribution is -0.397. The summed E-state index contributed by atoms with van der Waals surface area (Å²) in [6.07, 6.45) is 1.59. The molecule has 1 unspecified atom stereocenters. The predicted molar refractivity (Wildman–Crippen MR) is 147 cm³/mol. The predicted octanol–water partition coefficient (Wildman–Crippen LogP) is 2.63. The van der Waals surface area contributed by atoms with Gasteiger partial charge in [0.05, 0.1) is 26.4 Å². The van der Waals surface area contributed by atoms with Crippen LogP contribution in [0, 0.1) is 0 Å². The second kappa shape index (κ2) is 11.0. The molecule has 0 saturated heterocycles. The standard InChI is InChI=1S/C30H27N3O8/c1-5-40-29(37)25-16(2)41-30-32-23(14-17-10-13-22(31-17)19-8-6-7-9-20(19)28(35)36)27(34)33(30)26(25)21-12-11-18(38-3)15-24(21)39-4/h6-15,26,31H,5H2,1-4H3,(H,35,36)/p+1/b23-14-. The highest BCUT2D eigenvalue weighted by atomic mass is 16.5. The maximum atomic E-state index is 13.9. The fraction of sp³-hybridized carbons (Fsp3) is 0.200. The van der Waals surface area contributed by atoms with Gasteiger partial charge in [-0.15, -0.1) is 4.90 Å². The van der Waals surface area contributed by atoms with Gasteiger partial charge < -0.3 is 29.0 Å². The number of carboxylic acids is 1. The molecule has 0 radical (unpaired) electrons. The molecule has 3 heterocycles. The number of amides is 1. The number of esters is 1. The zero-order valence-electron chi connectivity index (χ0n) is 22.8. The molecule has 3 aromatic rings. The van der Waals surface area contributed by atoms with Crippen molar-refractivity contribution >= 4 is 29.9 Å². The number of carbonyl (C=O) groups excluding carboxylic acids is 2. The van der Waals surface area contributed by atoms with Crippen LogP contribution in [0.15, 0.2) is 71.6 Å². The van der Waals surface area contributed by atoms with Crippen molar-refractivity contribution in [2.45, 2.75) is 19.9 Å². The Morgan fingerprint density at radius 3 is 2.61 bits per heavy atom. The molecule has 0 fully saturated rings. The Balaban J connectivity index is 1.56. The van der Waals surface area contributed by atoms with Crippen molar-refractivity contribution in [3.63, 3.8) is 0 Å². The minimum absolute atomic E-state index is 0.123. The number of fused-ring (bicyclic) bond motifs is 1. The molecule has 0 bridgehead atoms. The van der Waals surface area contributed by atoms with Gasteiger partial charge in [0.1, 0.15) is 22.8 Å². The number of nitrogens with one attached hydrogen (secondary N) is 2. The number of allylic oxidation sites excluding steroid dienone is 1. The number of carboxylic acid groups (broad SMARTS) is 1. The van der Waals surface area contributed by atoms with E-state index in [2.05, 4.69) is 9.98 Å². The average molecular weight is 559 g/mol. The van der Waals surface area contributed by atoms with E-state index >= 15 is 0 Å². The van der Waals surface area contributed by atoms with Gasteiger partial charge in [-0.2, -0.15) is 4.99 Å². The van der Waals surface area contributed by atoms with Crippen LogP contribution in [0.1, 0.15) is 41.5 Å². The van der Waals surface area contributed by atoms with Gasteiger partial charge in [0.25, 0.3) is 0 Å². The number of aromatic amines is 1. The van der Waals surface area contributed by atoms with Crippen LogP contribution in [0.3, 0.4) is 0 Å². The molecule has 210 valence electrons. The number of nitrogens with zero attached hydrogens (tertiary/aromatic N) is 1. The molecule has 1 aromatic heterocycles. The number of amidine groups is 1. The molecule has 0 saturated carbocycles. The third kappa shape index (κ3) is 4.93. The Morgan fingerprint density at radius 1 is 1.12 bits per heavy atom. The summed E-state index contributed by atoms with van der Waals surface area (Å²) in [6, 6.07) is 14.4. The molecule has 41 heavy (non-hydrogen) atoms. The number of benzene rings is 2. The summed E-state index contributed by atoms with van der Waals surface area (Å²) in [5.74, 6) is -0.914. The molecule has 1 amide bonds. The van der Waals surface area contributed by atoms with Crippen molar-refractivity contribution < 1.29 is 43.4 Å². The molecular weight excluding hydrogens is 530 g/mol. The smallest absolute Gasteiger partial charge is 0.463 e. The van der Waals surface area contributed by atoms with Gasteiger partial charge in [-0.25, -0.2) is 14.4 Å². The maximum absolute atomic E-state index is 13.9. The van der Waals surface area contributed by atoms with Crippen LogP contribution < -0.4 is 14.5 Å². The highest BCUT2D eigenvalue weighted by molar-refractivity contribution is 6.09. The van der Waals surface area contributed by atoms with E-state index < -0.39 is 23.9 Å². The van der Waals surface area contributed by atoms with E-state index in [0.717, 1.165) is 0 Å². The van der Waals surface area contributed by atoms with Crippen molar-refractivity contribution in [1.29, 1.82) is 0 Å². The summed E-state index contributed by atoms with van der Waals surface area (Å²) in [5.41, 5.74) is 2.64. The number of hydrogen-bond donors (Lipinski definition) is 3. The Morgan fingerprint density at radius 2 is 1.90 bits per heavy atom. The summed E-state index contributed by atoms with van der Waals surface area (Å²) >= 11 is 0. The summed E-state index contributed by atoms with van der Waals surface area (Å²) in [4.78, 5) is 46.2. The summed E-state index contributed by atoms with van der Waals surface area (Å²) in [7, 11) is 3.02. The molecule has 11 heteroatoms. The number of ether oxygens (including phenoxy) is 4. The van der Waals surface area contributed by atoms with Crippen LogP contribution >= 0.6 is 0 Å². The number of carbonyl (C=O) groups is 3. The minimum Gasteiger partial charge on any atom is -0.497 e. The first-order valence-corrected chi connectivity index (χ1v) is 12.8. The number of rotatable bonds is 8. The van der Waals surface area contributed by atoms with Gasteiger partial charge in [-0.3, -0.25) is 0 Å². The average Bonchev–Trinajstić information content (AvgIpc) is 3.56. The molecule has 2 aliphatic heterocycles. The molecule has 5 rings (SSSR count). The van der Waals surface area contributed by atoms with E-state index in [9.17, 15) is 19.5 Å². The fourth-order valence-corrected chi connectivity index (χ4v) is 4.90. The normalized spacial score (nSPS) is 17.2. The quantitative estimate of drug-likeness (QED) is 0.283. The van der Waals surface area contributed by atoms with Crippen LogP contribution in [0.25, 0.3) is 17.3 Å². The molecule has 3 N–H and O–H groups in total. The van der Waals surface area contributed by atoms with Crippen LogP contribution in [0.5, 0.6) is 11.5 Å². The second-order valence-corrected chi connectivity index (χ2v) is 9.14. The lowest BCUT2D eigenvalue weighted by Gasteiger charge is -2.29. The highest BCUT2D eigenvalue weighted by Gasteiger charge is 2.54. The molecule has 2 aliphatic rings. The van der Waals surface area contributed by atoms with Gasteiger partial charge in [0, 0.05) is 34.7 Å². The largest absolute Gasteiger partial charge is 0.497 e. The third-order valence-electron chi connectivity index (χ3n) is 6.76. The van der Waals surface area contributed by atoms with Crippen molar-refractivity contribution in [3.05, 3.63) is 88.4 Å². The van der Waals surface area contributed by atoms with E-state index in [1.165, 1.54) is 25.2 Å². The van der Waals surface area contributed by atoms with Gasteiger partial charge in [0.15, 0.2) is 6.04 Å². The first-order valence-electron chi connectivity index (χ1n) is 12.8. The van der Waals surface area contributed by atoms with E-state index in [-0.39, 0.29) is 35.2 Å². The Bertz CT molecular complexity index is 1650. The van der Waals surface area contributed by atoms with Crippen LogP contribution in [0.2, 0.25) is 0 Å².